The zero-order valence-corrected chi connectivity index (χ0v) is 15.8. The van der Waals surface area contributed by atoms with Crippen LogP contribution in [0.2, 0.25) is 0 Å². The minimum absolute atomic E-state index is 0.217. The van der Waals surface area contributed by atoms with Gasteiger partial charge in [0.25, 0.3) is 5.91 Å². The number of hydrogen-bond donors (Lipinski definition) is 1. The molecular formula is C22H23N3O3. The Morgan fingerprint density at radius 2 is 1.93 bits per heavy atom. The van der Waals surface area contributed by atoms with Gasteiger partial charge in [0.1, 0.15) is 0 Å². The van der Waals surface area contributed by atoms with Crippen LogP contribution in [0.5, 0.6) is 11.5 Å². The first-order valence-corrected chi connectivity index (χ1v) is 9.49. The van der Waals surface area contributed by atoms with Crippen LogP contribution < -0.4 is 14.8 Å². The summed E-state index contributed by atoms with van der Waals surface area (Å²) >= 11 is 0. The van der Waals surface area contributed by atoms with Gasteiger partial charge in [-0.1, -0.05) is 12.1 Å². The van der Waals surface area contributed by atoms with E-state index < -0.39 is 0 Å². The molecule has 0 spiro atoms. The van der Waals surface area contributed by atoms with Crippen molar-refractivity contribution in [2.24, 2.45) is 0 Å². The van der Waals surface area contributed by atoms with Crippen molar-refractivity contribution in [1.29, 1.82) is 0 Å². The zero-order chi connectivity index (χ0) is 19.3. The maximum Gasteiger partial charge on any atom is 0.255 e. The molecule has 1 saturated carbocycles. The number of ether oxygens (including phenoxy) is 2. The molecule has 1 fully saturated rings. The van der Waals surface area contributed by atoms with Crippen molar-refractivity contribution >= 4 is 11.6 Å². The Kier molecular flexibility index (Phi) is 5.28. The number of carbonyl (C=O) groups excluding carboxylic acids is 1. The largest absolute Gasteiger partial charge is 0.493 e. The zero-order valence-electron chi connectivity index (χ0n) is 15.8. The molecule has 0 unspecified atom stereocenters. The summed E-state index contributed by atoms with van der Waals surface area (Å²) in [6, 6.07) is 14.7. The summed E-state index contributed by atoms with van der Waals surface area (Å²) in [6.45, 7) is 0. The van der Waals surface area contributed by atoms with Crippen molar-refractivity contribution in [2.75, 3.05) is 12.4 Å². The predicted octanol–water partition coefficient (Wildman–Crippen LogP) is 4.45. The average molecular weight is 377 g/mol. The van der Waals surface area contributed by atoms with Crippen LogP contribution in [0.3, 0.4) is 0 Å². The summed E-state index contributed by atoms with van der Waals surface area (Å²) < 4.78 is 13.2. The van der Waals surface area contributed by atoms with Crippen LogP contribution in [-0.2, 0) is 0 Å². The number of aromatic nitrogens is 2. The van der Waals surface area contributed by atoms with Crippen LogP contribution in [0.15, 0.2) is 60.9 Å². The van der Waals surface area contributed by atoms with E-state index in [2.05, 4.69) is 10.4 Å². The van der Waals surface area contributed by atoms with E-state index in [0.29, 0.717) is 22.7 Å². The molecule has 6 nitrogen and oxygen atoms in total. The van der Waals surface area contributed by atoms with E-state index >= 15 is 0 Å². The number of para-hydroxylation sites is 2. The van der Waals surface area contributed by atoms with Crippen molar-refractivity contribution < 1.29 is 14.3 Å². The molecule has 1 N–H and O–H groups in total. The highest BCUT2D eigenvalue weighted by molar-refractivity contribution is 6.05. The van der Waals surface area contributed by atoms with Crippen molar-refractivity contribution in [2.45, 2.75) is 31.8 Å². The van der Waals surface area contributed by atoms with E-state index in [-0.39, 0.29) is 12.0 Å². The lowest BCUT2D eigenvalue weighted by atomic mass is 10.1. The van der Waals surface area contributed by atoms with Gasteiger partial charge in [0, 0.05) is 18.0 Å². The number of nitrogens with zero attached hydrogens (tertiary/aromatic N) is 2. The standard InChI is InChI=1S/C22H23N3O3/c1-27-21-15-16(11-12-20(21)28-17-7-2-3-8-17)22(26)24-18-9-4-5-10-19(18)25-14-6-13-23-25/h4-6,9-15,17H,2-3,7-8H2,1H3,(H,24,26). The smallest absolute Gasteiger partial charge is 0.255 e. The maximum atomic E-state index is 12.8. The number of rotatable bonds is 6. The van der Waals surface area contributed by atoms with Crippen LogP contribution in [0.1, 0.15) is 36.0 Å². The van der Waals surface area contributed by atoms with Gasteiger partial charge in [0.15, 0.2) is 11.5 Å². The molecule has 4 rings (SSSR count). The van der Waals surface area contributed by atoms with E-state index in [0.717, 1.165) is 18.5 Å². The van der Waals surface area contributed by atoms with Gasteiger partial charge in [0.2, 0.25) is 0 Å². The first-order chi connectivity index (χ1) is 13.7. The minimum atomic E-state index is -0.217. The highest BCUT2D eigenvalue weighted by Crippen LogP contribution is 2.32. The molecule has 0 saturated heterocycles. The Morgan fingerprint density at radius 1 is 1.11 bits per heavy atom. The number of hydrogen-bond acceptors (Lipinski definition) is 4. The SMILES string of the molecule is COc1cc(C(=O)Nc2ccccc2-n2cccn2)ccc1OC1CCCC1. The quantitative estimate of drug-likeness (QED) is 0.689. The molecule has 0 aliphatic heterocycles. The highest BCUT2D eigenvalue weighted by Gasteiger charge is 2.19. The number of benzene rings is 2. The van der Waals surface area contributed by atoms with Gasteiger partial charge in [-0.2, -0.15) is 5.10 Å². The van der Waals surface area contributed by atoms with E-state index in [1.54, 1.807) is 30.1 Å². The molecule has 0 atom stereocenters. The second kappa shape index (κ2) is 8.17. The first-order valence-electron chi connectivity index (χ1n) is 9.49. The normalized spacial score (nSPS) is 14.0. The Labute approximate surface area is 164 Å². The van der Waals surface area contributed by atoms with Gasteiger partial charge in [-0.25, -0.2) is 4.68 Å². The maximum absolute atomic E-state index is 12.8. The van der Waals surface area contributed by atoms with Crippen LogP contribution in [0.4, 0.5) is 5.69 Å². The molecule has 0 bridgehead atoms. The Bertz CT molecular complexity index is 947. The number of amides is 1. The number of carbonyl (C=O) groups is 1. The van der Waals surface area contributed by atoms with E-state index in [9.17, 15) is 4.79 Å². The topological polar surface area (TPSA) is 65.4 Å². The molecule has 1 heterocycles. The van der Waals surface area contributed by atoms with Gasteiger partial charge in [-0.3, -0.25) is 4.79 Å². The number of methoxy groups -OCH3 is 1. The van der Waals surface area contributed by atoms with E-state index in [1.807, 2.05) is 42.6 Å². The lowest BCUT2D eigenvalue weighted by Gasteiger charge is -2.17. The van der Waals surface area contributed by atoms with Crippen molar-refractivity contribution in [3.05, 3.63) is 66.5 Å². The summed E-state index contributed by atoms with van der Waals surface area (Å²) in [5.74, 6) is 1.04. The fourth-order valence-electron chi connectivity index (χ4n) is 3.48. The summed E-state index contributed by atoms with van der Waals surface area (Å²) in [6.07, 6.45) is 8.29. The predicted molar refractivity (Wildman–Crippen MR) is 107 cm³/mol. The Balaban J connectivity index is 1.54. The molecule has 1 aliphatic carbocycles. The van der Waals surface area contributed by atoms with Crippen molar-refractivity contribution in [1.82, 2.24) is 9.78 Å². The molecule has 2 aromatic carbocycles. The molecule has 1 amide bonds. The van der Waals surface area contributed by atoms with Crippen LogP contribution in [0, 0.1) is 0 Å². The molecular weight excluding hydrogens is 354 g/mol. The third-order valence-electron chi connectivity index (χ3n) is 4.93. The second-order valence-corrected chi connectivity index (χ2v) is 6.81. The molecule has 6 heteroatoms. The second-order valence-electron chi connectivity index (χ2n) is 6.81. The fraction of sp³-hybridized carbons (Fsp3) is 0.273. The van der Waals surface area contributed by atoms with E-state index in [1.165, 1.54) is 12.8 Å². The molecule has 1 aromatic heterocycles. The monoisotopic (exact) mass is 377 g/mol. The summed E-state index contributed by atoms with van der Waals surface area (Å²) in [5.41, 5.74) is 1.99. The fourth-order valence-corrected chi connectivity index (χ4v) is 3.48. The van der Waals surface area contributed by atoms with Gasteiger partial charge in [-0.05, 0) is 62.1 Å². The molecule has 28 heavy (non-hydrogen) atoms. The van der Waals surface area contributed by atoms with Gasteiger partial charge >= 0.3 is 0 Å². The highest BCUT2D eigenvalue weighted by atomic mass is 16.5. The van der Waals surface area contributed by atoms with Crippen LogP contribution in [0.25, 0.3) is 5.69 Å². The van der Waals surface area contributed by atoms with Crippen molar-refractivity contribution in [3.63, 3.8) is 0 Å². The molecule has 0 radical (unpaired) electrons. The summed E-state index contributed by atoms with van der Waals surface area (Å²) in [5, 5.41) is 7.21. The third kappa shape index (κ3) is 3.86. The van der Waals surface area contributed by atoms with Crippen LogP contribution >= 0.6 is 0 Å². The average Bonchev–Trinajstić information content (AvgIpc) is 3.43. The lowest BCUT2D eigenvalue weighted by molar-refractivity contribution is 0.102. The summed E-state index contributed by atoms with van der Waals surface area (Å²) in [4.78, 5) is 12.8. The molecule has 144 valence electrons. The van der Waals surface area contributed by atoms with Crippen molar-refractivity contribution in [3.8, 4) is 17.2 Å². The lowest BCUT2D eigenvalue weighted by Crippen LogP contribution is -2.15. The number of anilines is 1. The van der Waals surface area contributed by atoms with Gasteiger partial charge < -0.3 is 14.8 Å². The molecule has 3 aromatic rings. The third-order valence-corrected chi connectivity index (χ3v) is 4.93. The summed E-state index contributed by atoms with van der Waals surface area (Å²) in [7, 11) is 1.59. The van der Waals surface area contributed by atoms with Gasteiger partial charge in [0.05, 0.1) is 24.6 Å². The van der Waals surface area contributed by atoms with Gasteiger partial charge in [-0.15, -0.1) is 0 Å². The molecule has 1 aliphatic rings. The van der Waals surface area contributed by atoms with E-state index in [4.69, 9.17) is 9.47 Å². The Hall–Kier alpha value is -3.28. The minimum Gasteiger partial charge on any atom is -0.493 e. The number of nitrogens with one attached hydrogen (secondary N) is 1. The Morgan fingerprint density at radius 3 is 2.68 bits per heavy atom. The van der Waals surface area contributed by atoms with Crippen LogP contribution in [-0.4, -0.2) is 28.9 Å². The first kappa shape index (κ1) is 18.1.